The van der Waals surface area contributed by atoms with Crippen LogP contribution in [0.1, 0.15) is 47.6 Å². The van der Waals surface area contributed by atoms with Crippen molar-refractivity contribution < 1.29 is 83.4 Å². The van der Waals surface area contributed by atoms with Gasteiger partial charge < -0.3 is 51.2 Å². The first kappa shape index (κ1) is 40.8. The molecule has 6 rings (SSSR count). The average Bonchev–Trinajstić information content (AvgIpc) is 3.68. The van der Waals surface area contributed by atoms with Crippen molar-refractivity contribution in [1.82, 2.24) is 20.5 Å². The number of amides is 3. The molecular weight excluding hydrogens is 777 g/mol. The number of carbonyl (C=O) groups is 5. The number of carboxylic acid groups (broad SMARTS) is 2. The van der Waals surface area contributed by atoms with E-state index in [4.69, 9.17) is 22.2 Å². The third-order valence-corrected chi connectivity index (χ3v) is 11.4. The number of aliphatic carboxylic acids is 2. The number of carbonyl (C=O) groups excluding carboxylic acids is 5. The summed E-state index contributed by atoms with van der Waals surface area (Å²) in [6, 6.07) is 4.83. The second-order valence-corrected chi connectivity index (χ2v) is 15.3. The number of hydrogen-bond acceptors (Lipinski definition) is 15. The third kappa shape index (κ3) is 7.87. The van der Waals surface area contributed by atoms with Crippen LogP contribution >= 0.6 is 34.7 Å². The summed E-state index contributed by atoms with van der Waals surface area (Å²) < 4.78 is 2.01. The van der Waals surface area contributed by atoms with Crippen LogP contribution in [0.4, 0.5) is 5.13 Å². The minimum atomic E-state index is -1.97. The van der Waals surface area contributed by atoms with Gasteiger partial charge in [0.25, 0.3) is 17.7 Å². The van der Waals surface area contributed by atoms with Crippen LogP contribution in [0.2, 0.25) is 5.02 Å². The van der Waals surface area contributed by atoms with E-state index in [1.54, 1.807) is 0 Å². The third-order valence-electron chi connectivity index (χ3n) is 9.00. The number of pyridine rings is 1. The van der Waals surface area contributed by atoms with Crippen molar-refractivity contribution in [2.45, 2.75) is 56.2 Å². The fraction of sp³-hybridized carbons (Fsp3) is 0.333. The molecule has 3 atom stereocenters. The predicted molar refractivity (Wildman–Crippen MR) is 185 cm³/mol. The molecule has 3 aliphatic rings. The topological polar surface area (TPSA) is 264 Å². The van der Waals surface area contributed by atoms with Crippen LogP contribution in [0, 0.1) is 0 Å². The number of phenols is 2. The fourth-order valence-electron chi connectivity index (χ4n) is 6.42. The molecule has 17 nitrogen and oxygen atoms in total. The number of nitrogens with zero attached hydrogens (tertiary/aromatic N) is 4. The van der Waals surface area contributed by atoms with Gasteiger partial charge >= 0.3 is 29.6 Å². The van der Waals surface area contributed by atoms with Crippen molar-refractivity contribution in [1.29, 1.82) is 0 Å². The van der Waals surface area contributed by atoms with Gasteiger partial charge in [-0.3, -0.25) is 19.3 Å². The Kier molecular flexibility index (Phi) is 12.2. The molecular formula is C33H31ClN7NaO10S2. The van der Waals surface area contributed by atoms with Crippen LogP contribution in [0.3, 0.4) is 0 Å². The van der Waals surface area contributed by atoms with Gasteiger partial charge in [-0.05, 0) is 44.9 Å². The molecule has 6 N–H and O–H groups in total. The smallest absolute Gasteiger partial charge is 0.546 e. The molecule has 4 heterocycles. The van der Waals surface area contributed by atoms with Crippen molar-refractivity contribution in [3.8, 4) is 11.5 Å². The maximum Gasteiger partial charge on any atom is 1.00 e. The zero-order valence-electron chi connectivity index (χ0n) is 29.0. The first-order chi connectivity index (χ1) is 25.1. The van der Waals surface area contributed by atoms with Crippen molar-refractivity contribution in [2.75, 3.05) is 18.0 Å². The van der Waals surface area contributed by atoms with E-state index in [0.29, 0.717) is 5.57 Å². The summed E-state index contributed by atoms with van der Waals surface area (Å²) in [6.07, 6.45) is 1.75. The van der Waals surface area contributed by atoms with Gasteiger partial charge in [-0.1, -0.05) is 16.8 Å². The van der Waals surface area contributed by atoms with Crippen LogP contribution in [-0.4, -0.2) is 85.3 Å². The molecule has 2 aliphatic heterocycles. The van der Waals surface area contributed by atoms with E-state index in [0.717, 1.165) is 46.9 Å². The standard InChI is InChI=1S/C33H32ClN7O10S2.Na/c1-33(2)8-7-14-4-3-9-40(25(14)33)11-15-12-52-29-22(28(46)41(29)23(15)31(49)50)38-27(45)21(17-13-53-32(35)37-17)39-51-19(30(47)48)10-36-26(44)16-5-6-18(42)24(43)20(16)34;/h3-6,9,13,19,22,29H,7-8,10-12H2,1-2H3,(H7-,35,36,37,38,39,42,43,44,45,47,48,49,50);/q;+1/p-1/t19-,22+,29+;/m0./s1. The van der Waals surface area contributed by atoms with Crippen molar-refractivity contribution in [3.63, 3.8) is 0 Å². The molecule has 54 heavy (non-hydrogen) atoms. The van der Waals surface area contributed by atoms with Crippen molar-refractivity contribution in [2.24, 2.45) is 5.16 Å². The molecule has 1 aliphatic carbocycles. The number of nitrogens with one attached hydrogen (secondary N) is 2. The first-order valence-corrected chi connectivity index (χ1v) is 18.2. The Morgan fingerprint density at radius 1 is 1.24 bits per heavy atom. The van der Waals surface area contributed by atoms with Crippen LogP contribution in [-0.2, 0) is 42.4 Å². The number of aromatic hydroxyl groups is 2. The Labute approximate surface area is 342 Å². The fourth-order valence-corrected chi connectivity index (χ4v) is 8.55. The summed E-state index contributed by atoms with van der Waals surface area (Å²) in [5.41, 5.74) is 7.09. The van der Waals surface area contributed by atoms with E-state index in [1.165, 1.54) is 22.7 Å². The molecule has 0 unspecified atom stereocenters. The number of carboxylic acids is 2. The Hall–Kier alpha value is -4.40. The molecule has 1 saturated heterocycles. The van der Waals surface area contributed by atoms with Gasteiger partial charge in [0.05, 0.1) is 34.8 Å². The van der Waals surface area contributed by atoms with Gasteiger partial charge in [0.1, 0.15) is 17.1 Å². The molecule has 0 bridgehead atoms. The number of rotatable bonds is 12. The summed E-state index contributed by atoms with van der Waals surface area (Å²) in [7, 11) is 0. The monoisotopic (exact) mass is 807 g/mol. The van der Waals surface area contributed by atoms with Gasteiger partial charge in [0, 0.05) is 33.8 Å². The molecule has 3 amide bonds. The number of nitrogens with two attached hydrogens (primary N) is 1. The minimum absolute atomic E-state index is 0. The number of benzene rings is 1. The summed E-state index contributed by atoms with van der Waals surface area (Å²) >= 11 is 8.08. The van der Waals surface area contributed by atoms with Gasteiger partial charge in [-0.15, -0.1) is 23.1 Å². The largest absolute Gasteiger partial charge is 1.00 e. The average molecular weight is 808 g/mol. The summed E-state index contributed by atoms with van der Waals surface area (Å²) in [6.45, 7) is 3.72. The van der Waals surface area contributed by atoms with Gasteiger partial charge in [-0.25, -0.2) is 4.98 Å². The molecule has 278 valence electrons. The van der Waals surface area contributed by atoms with Crippen LogP contribution in [0.5, 0.6) is 11.5 Å². The Bertz CT molecular complexity index is 2130. The number of aromatic nitrogens is 2. The Morgan fingerprint density at radius 3 is 2.65 bits per heavy atom. The first-order valence-electron chi connectivity index (χ1n) is 15.9. The number of aryl methyl sites for hydroxylation is 1. The summed E-state index contributed by atoms with van der Waals surface area (Å²) in [5.74, 6) is -7.19. The molecule has 0 spiro atoms. The number of thioether (sulfide) groups is 1. The van der Waals surface area contributed by atoms with Gasteiger partial charge in [0.2, 0.25) is 0 Å². The second-order valence-electron chi connectivity index (χ2n) is 12.9. The number of thiazole rings is 1. The zero-order valence-corrected chi connectivity index (χ0v) is 33.3. The van der Waals surface area contributed by atoms with Crippen LogP contribution in [0.15, 0.2) is 52.3 Å². The minimum Gasteiger partial charge on any atom is -0.546 e. The summed E-state index contributed by atoms with van der Waals surface area (Å²) in [4.78, 5) is 74.2. The number of nitrogen functional groups attached to an aromatic ring is 1. The molecule has 0 saturated carbocycles. The van der Waals surface area contributed by atoms with Crippen LogP contribution in [0.25, 0.3) is 0 Å². The van der Waals surface area contributed by atoms with Crippen LogP contribution < -0.4 is 60.7 Å². The zero-order chi connectivity index (χ0) is 38.4. The molecule has 3 aromatic rings. The van der Waals surface area contributed by atoms with Crippen molar-refractivity contribution >= 4 is 75.2 Å². The number of oxime groups is 1. The number of β-lactam (4-membered cyclic amide) rings is 1. The molecule has 1 aromatic carbocycles. The van der Waals surface area contributed by atoms with E-state index in [-0.39, 0.29) is 69.4 Å². The molecule has 1 fully saturated rings. The van der Waals surface area contributed by atoms with E-state index < -0.39 is 76.0 Å². The normalized spacial score (nSPS) is 19.1. The number of fused-ring (bicyclic) bond motifs is 2. The van der Waals surface area contributed by atoms with E-state index >= 15 is 0 Å². The quantitative estimate of drug-likeness (QED) is 0.0290. The van der Waals surface area contributed by atoms with E-state index in [9.17, 15) is 44.4 Å². The summed E-state index contributed by atoms with van der Waals surface area (Å²) in [5, 5.41) is 52.2. The Morgan fingerprint density at radius 2 is 1.98 bits per heavy atom. The number of halogens is 1. The SMILES string of the molecule is CC1(C)CCc2ccc[n+](CC3=C(C(=O)[O-])N4C(=O)[C@@H](NC(=O)/C(=N\O[C@@H](CNC(=O)c5ccc(O)c(O)c5Cl)C(=O)[O-])c5csc(N)n5)[C@H]4SC3)c21.[Na+]. The second kappa shape index (κ2) is 16.1. The van der Waals surface area contributed by atoms with Gasteiger partial charge in [-0.2, -0.15) is 4.57 Å². The molecule has 2 aromatic heterocycles. The van der Waals surface area contributed by atoms with E-state index in [2.05, 4.69) is 40.7 Å². The maximum atomic E-state index is 13.6. The molecule has 21 heteroatoms. The number of phenolic OH excluding ortho intramolecular Hbond substituents is 2. The van der Waals surface area contributed by atoms with Crippen molar-refractivity contribution in [3.05, 3.63) is 74.6 Å². The molecule has 0 radical (unpaired) electrons. The number of hydrogen-bond donors (Lipinski definition) is 5. The number of anilines is 1. The predicted octanol–water partition coefficient (Wildman–Crippen LogP) is -4.32. The Balaban J connectivity index is 0.00000561. The van der Waals surface area contributed by atoms with Gasteiger partial charge in [0.15, 0.2) is 46.9 Å². The maximum absolute atomic E-state index is 13.6. The van der Waals surface area contributed by atoms with E-state index in [1.807, 2.05) is 16.8 Å².